The van der Waals surface area contributed by atoms with E-state index in [1.165, 1.54) is 10.6 Å². The number of nitrogens with zero attached hydrogens (tertiary/aromatic N) is 2. The SMILES string of the molecule is CS(=O)(=O)N(CCN1CCC(CNC(=O)c2cc(C(F)(F)F)cc(C(F)(F)F)c2)CC1)C1CC1. The van der Waals surface area contributed by atoms with Crippen molar-refractivity contribution in [3.63, 3.8) is 0 Å². The van der Waals surface area contributed by atoms with Gasteiger partial charge in [-0.1, -0.05) is 0 Å². The van der Waals surface area contributed by atoms with Gasteiger partial charge in [0.1, 0.15) is 0 Å². The zero-order valence-electron chi connectivity index (χ0n) is 18.5. The Bertz CT molecular complexity index is 952. The Balaban J connectivity index is 1.51. The van der Waals surface area contributed by atoms with Crippen LogP contribution in [0, 0.1) is 5.92 Å². The Hall–Kier alpha value is -1.86. The van der Waals surface area contributed by atoms with Crippen LogP contribution in [0.5, 0.6) is 0 Å². The quantitative estimate of drug-likeness (QED) is 0.538. The van der Waals surface area contributed by atoms with Crippen LogP contribution in [0.3, 0.4) is 0 Å². The van der Waals surface area contributed by atoms with Gasteiger partial charge in [-0.05, 0) is 62.9 Å². The van der Waals surface area contributed by atoms with E-state index in [4.69, 9.17) is 0 Å². The molecular weight excluding hydrogens is 488 g/mol. The van der Waals surface area contributed by atoms with E-state index < -0.39 is 45.0 Å². The zero-order valence-corrected chi connectivity index (χ0v) is 19.4. The van der Waals surface area contributed by atoms with E-state index in [0.29, 0.717) is 51.2 Å². The van der Waals surface area contributed by atoms with Gasteiger partial charge in [0.2, 0.25) is 10.0 Å². The molecule has 13 heteroatoms. The van der Waals surface area contributed by atoms with E-state index in [-0.39, 0.29) is 24.6 Å². The predicted octanol–water partition coefficient (Wildman–Crippen LogP) is 3.59. The van der Waals surface area contributed by atoms with Gasteiger partial charge in [-0.25, -0.2) is 8.42 Å². The average molecular weight is 516 g/mol. The Morgan fingerprint density at radius 3 is 1.97 bits per heavy atom. The third-order valence-corrected chi connectivity index (χ3v) is 7.46. The number of piperidine rings is 1. The number of amides is 1. The third-order valence-electron chi connectivity index (χ3n) is 6.13. The van der Waals surface area contributed by atoms with Gasteiger partial charge < -0.3 is 10.2 Å². The number of halogens is 6. The standard InChI is InChI=1S/C21H27F6N3O3S/c1-34(32,33)30(18-2-3-18)9-8-29-6-4-14(5-7-29)13-28-19(31)15-10-16(20(22,23)24)12-17(11-15)21(25,26)27/h10-12,14,18H,2-9,13H2,1H3,(H,28,31). The van der Waals surface area contributed by atoms with Crippen molar-refractivity contribution in [1.82, 2.24) is 14.5 Å². The van der Waals surface area contributed by atoms with Crippen molar-refractivity contribution in [1.29, 1.82) is 0 Å². The number of benzene rings is 1. The topological polar surface area (TPSA) is 69.7 Å². The van der Waals surface area contributed by atoms with Crippen LogP contribution >= 0.6 is 0 Å². The van der Waals surface area contributed by atoms with Crippen molar-refractivity contribution >= 4 is 15.9 Å². The summed E-state index contributed by atoms with van der Waals surface area (Å²) in [6, 6.07) is 0.901. The first-order chi connectivity index (χ1) is 15.6. The van der Waals surface area contributed by atoms with E-state index >= 15 is 0 Å². The highest BCUT2D eigenvalue weighted by Crippen LogP contribution is 2.36. The van der Waals surface area contributed by atoms with Gasteiger partial charge >= 0.3 is 12.4 Å². The smallest absolute Gasteiger partial charge is 0.352 e. The maximum Gasteiger partial charge on any atom is 0.416 e. The molecule has 192 valence electrons. The first-order valence-corrected chi connectivity index (χ1v) is 12.8. The highest BCUT2D eigenvalue weighted by molar-refractivity contribution is 7.88. The number of hydrogen-bond donors (Lipinski definition) is 1. The monoisotopic (exact) mass is 515 g/mol. The molecule has 2 aliphatic rings. The van der Waals surface area contributed by atoms with Gasteiger partial charge in [-0.3, -0.25) is 4.79 Å². The van der Waals surface area contributed by atoms with Crippen LogP contribution in [0.1, 0.15) is 47.2 Å². The van der Waals surface area contributed by atoms with Crippen molar-refractivity contribution in [2.24, 2.45) is 5.92 Å². The molecule has 1 aliphatic carbocycles. The minimum absolute atomic E-state index is 0.0133. The van der Waals surface area contributed by atoms with Crippen LogP contribution in [0.25, 0.3) is 0 Å². The van der Waals surface area contributed by atoms with Gasteiger partial charge in [0, 0.05) is 31.2 Å². The van der Waals surface area contributed by atoms with Crippen LogP contribution < -0.4 is 5.32 Å². The maximum atomic E-state index is 13.0. The number of sulfonamides is 1. The van der Waals surface area contributed by atoms with Gasteiger partial charge in [0.05, 0.1) is 17.4 Å². The molecule has 1 aliphatic heterocycles. The number of carbonyl (C=O) groups is 1. The highest BCUT2D eigenvalue weighted by Gasteiger charge is 2.38. The molecule has 6 nitrogen and oxygen atoms in total. The Morgan fingerprint density at radius 2 is 1.53 bits per heavy atom. The van der Waals surface area contributed by atoms with Gasteiger partial charge in [-0.2, -0.15) is 30.6 Å². The minimum atomic E-state index is -5.02. The van der Waals surface area contributed by atoms with Crippen molar-refractivity contribution in [3.05, 3.63) is 34.9 Å². The van der Waals surface area contributed by atoms with Gasteiger partial charge in [0.25, 0.3) is 5.91 Å². The molecule has 0 bridgehead atoms. The fourth-order valence-electron chi connectivity index (χ4n) is 4.06. The van der Waals surface area contributed by atoms with Crippen LogP contribution in [0.2, 0.25) is 0 Å². The van der Waals surface area contributed by atoms with Gasteiger partial charge in [-0.15, -0.1) is 0 Å². The predicted molar refractivity (Wildman–Crippen MR) is 113 cm³/mol. The van der Waals surface area contributed by atoms with Gasteiger partial charge in [0.15, 0.2) is 0 Å². The normalized spacial score (nSPS) is 18.9. The number of nitrogens with one attached hydrogen (secondary N) is 1. The zero-order chi connectivity index (χ0) is 25.3. The van der Waals surface area contributed by atoms with E-state index in [9.17, 15) is 39.6 Å². The summed E-state index contributed by atoms with van der Waals surface area (Å²) in [4.78, 5) is 14.4. The summed E-state index contributed by atoms with van der Waals surface area (Å²) in [6.07, 6.45) is -5.78. The first kappa shape index (κ1) is 26.7. The largest absolute Gasteiger partial charge is 0.416 e. The second-order valence-electron chi connectivity index (χ2n) is 8.89. The molecule has 3 rings (SSSR count). The van der Waals surface area contributed by atoms with E-state index in [0.717, 1.165) is 12.8 Å². The van der Waals surface area contributed by atoms with Crippen molar-refractivity contribution in [2.45, 2.75) is 44.1 Å². The fraction of sp³-hybridized carbons (Fsp3) is 0.667. The molecule has 0 aromatic heterocycles. The second kappa shape index (κ2) is 10.0. The van der Waals surface area contributed by atoms with Crippen molar-refractivity contribution in [3.8, 4) is 0 Å². The lowest BCUT2D eigenvalue weighted by Gasteiger charge is -2.33. The maximum absolute atomic E-state index is 13.0. The van der Waals surface area contributed by atoms with Crippen LogP contribution in [-0.4, -0.2) is 68.6 Å². The molecule has 1 saturated heterocycles. The molecule has 0 radical (unpaired) electrons. The number of likely N-dealkylation sites (tertiary alicyclic amines) is 1. The summed E-state index contributed by atoms with van der Waals surface area (Å²) in [6.45, 7) is 2.42. The molecule has 1 N–H and O–H groups in total. The summed E-state index contributed by atoms with van der Waals surface area (Å²) in [5, 5.41) is 2.45. The van der Waals surface area contributed by atoms with Crippen molar-refractivity contribution < 1.29 is 39.6 Å². The number of alkyl halides is 6. The lowest BCUT2D eigenvalue weighted by Crippen LogP contribution is -2.43. The summed E-state index contributed by atoms with van der Waals surface area (Å²) in [5.41, 5.74) is -3.76. The molecule has 1 aromatic carbocycles. The Morgan fingerprint density at radius 1 is 1.00 bits per heavy atom. The summed E-state index contributed by atoms with van der Waals surface area (Å²) in [5.74, 6) is -0.977. The molecule has 1 aromatic rings. The number of carbonyl (C=O) groups excluding carboxylic acids is 1. The lowest BCUT2D eigenvalue weighted by molar-refractivity contribution is -0.143. The summed E-state index contributed by atoms with van der Waals surface area (Å²) >= 11 is 0. The van der Waals surface area contributed by atoms with Crippen LogP contribution in [0.4, 0.5) is 26.3 Å². The van der Waals surface area contributed by atoms with E-state index in [2.05, 4.69) is 10.2 Å². The molecule has 2 fully saturated rings. The fourth-order valence-corrected chi connectivity index (χ4v) is 5.23. The summed E-state index contributed by atoms with van der Waals surface area (Å²) < 4.78 is 103. The second-order valence-corrected chi connectivity index (χ2v) is 10.8. The minimum Gasteiger partial charge on any atom is -0.352 e. The molecule has 0 atom stereocenters. The molecular formula is C21H27F6N3O3S. The van der Waals surface area contributed by atoms with E-state index in [1.807, 2.05) is 0 Å². The van der Waals surface area contributed by atoms with E-state index in [1.54, 1.807) is 0 Å². The Labute approximate surface area is 194 Å². The molecule has 1 amide bonds. The lowest BCUT2D eigenvalue weighted by atomic mass is 9.96. The molecule has 0 unspecified atom stereocenters. The molecule has 0 spiro atoms. The molecule has 1 heterocycles. The number of hydrogen-bond acceptors (Lipinski definition) is 4. The third kappa shape index (κ3) is 7.32. The van der Waals surface area contributed by atoms with Crippen molar-refractivity contribution in [2.75, 3.05) is 39.0 Å². The van der Waals surface area contributed by atoms with Crippen LogP contribution in [0.15, 0.2) is 18.2 Å². The number of rotatable bonds is 8. The van der Waals surface area contributed by atoms with Crippen LogP contribution in [-0.2, 0) is 22.4 Å². The molecule has 34 heavy (non-hydrogen) atoms. The highest BCUT2D eigenvalue weighted by atomic mass is 32.2. The Kier molecular flexibility index (Phi) is 7.88. The first-order valence-electron chi connectivity index (χ1n) is 10.9. The molecule has 1 saturated carbocycles. The average Bonchev–Trinajstić information content (AvgIpc) is 3.55. The summed E-state index contributed by atoms with van der Waals surface area (Å²) in [7, 11) is -3.26.